The van der Waals surface area contributed by atoms with Gasteiger partial charge in [-0.05, 0) is 38.3 Å². The summed E-state index contributed by atoms with van der Waals surface area (Å²) in [6.45, 7) is 6.69. The summed E-state index contributed by atoms with van der Waals surface area (Å²) in [5, 5.41) is 1.59. The highest BCUT2D eigenvalue weighted by molar-refractivity contribution is 6.25. The molecule has 7 nitrogen and oxygen atoms in total. The van der Waals surface area contributed by atoms with E-state index in [2.05, 4.69) is 0 Å². The highest BCUT2D eigenvalue weighted by Gasteiger charge is 2.32. The lowest BCUT2D eigenvalue weighted by molar-refractivity contribution is -0.156. The van der Waals surface area contributed by atoms with Crippen LogP contribution in [0.5, 0.6) is 0 Å². The first-order chi connectivity index (χ1) is 14.3. The SMILES string of the molecule is CC(C)(C)OC(=O)CCOCCOCCN1C(=O)c2cccc3cccc(c23)C1=O. The fraction of sp³-hybridized carbons (Fsp3) is 0.435. The van der Waals surface area contributed by atoms with E-state index in [-0.39, 0.29) is 44.0 Å². The molecule has 30 heavy (non-hydrogen) atoms. The third-order valence-corrected chi connectivity index (χ3v) is 4.56. The fourth-order valence-electron chi connectivity index (χ4n) is 3.31. The molecule has 0 atom stereocenters. The lowest BCUT2D eigenvalue weighted by atomic mass is 9.94. The quantitative estimate of drug-likeness (QED) is 0.357. The molecule has 0 bridgehead atoms. The predicted molar refractivity (Wildman–Crippen MR) is 111 cm³/mol. The van der Waals surface area contributed by atoms with Crippen LogP contribution in [-0.4, -0.2) is 61.3 Å². The average molecular weight is 413 g/mol. The van der Waals surface area contributed by atoms with E-state index in [0.717, 1.165) is 5.39 Å². The van der Waals surface area contributed by atoms with Crippen molar-refractivity contribution in [3.8, 4) is 0 Å². The minimum atomic E-state index is -0.504. The summed E-state index contributed by atoms with van der Waals surface area (Å²) in [6.07, 6.45) is 0.180. The molecule has 0 fully saturated rings. The molecule has 7 heteroatoms. The number of carbonyl (C=O) groups excluding carboxylic acids is 3. The first-order valence-corrected chi connectivity index (χ1v) is 10.0. The molecule has 1 aliphatic heterocycles. The van der Waals surface area contributed by atoms with Crippen molar-refractivity contribution in [3.05, 3.63) is 47.5 Å². The number of benzene rings is 2. The van der Waals surface area contributed by atoms with E-state index in [9.17, 15) is 14.4 Å². The van der Waals surface area contributed by atoms with Gasteiger partial charge in [-0.3, -0.25) is 19.3 Å². The molecule has 0 unspecified atom stereocenters. The maximum atomic E-state index is 12.8. The summed E-state index contributed by atoms with van der Waals surface area (Å²) in [6, 6.07) is 10.9. The molecule has 3 rings (SSSR count). The Kier molecular flexibility index (Phi) is 6.84. The Morgan fingerprint density at radius 2 is 1.43 bits per heavy atom. The summed E-state index contributed by atoms with van der Waals surface area (Å²) < 4.78 is 16.1. The standard InChI is InChI=1S/C23H27NO6/c1-23(2,3)30-19(25)10-12-28-14-15-29-13-11-24-21(26)17-8-4-6-16-7-5-9-18(20(16)17)22(24)27/h4-9H,10-15H2,1-3H3. The normalized spacial score (nSPS) is 13.8. The van der Waals surface area contributed by atoms with E-state index in [1.807, 2.05) is 45.0 Å². The van der Waals surface area contributed by atoms with E-state index in [1.54, 1.807) is 12.1 Å². The van der Waals surface area contributed by atoms with Crippen molar-refractivity contribution in [1.82, 2.24) is 4.90 Å². The van der Waals surface area contributed by atoms with Crippen LogP contribution in [-0.2, 0) is 19.0 Å². The van der Waals surface area contributed by atoms with Crippen LogP contribution in [0.4, 0.5) is 0 Å². The van der Waals surface area contributed by atoms with Gasteiger partial charge < -0.3 is 14.2 Å². The zero-order valence-electron chi connectivity index (χ0n) is 17.6. The van der Waals surface area contributed by atoms with Crippen LogP contribution in [0.1, 0.15) is 47.9 Å². The number of carbonyl (C=O) groups is 3. The van der Waals surface area contributed by atoms with E-state index >= 15 is 0 Å². The Hall–Kier alpha value is -2.77. The second-order valence-corrected chi connectivity index (χ2v) is 8.03. The number of amides is 2. The van der Waals surface area contributed by atoms with Gasteiger partial charge in [0.05, 0.1) is 39.4 Å². The average Bonchev–Trinajstić information content (AvgIpc) is 2.68. The maximum absolute atomic E-state index is 12.8. The molecule has 0 spiro atoms. The molecule has 1 aliphatic rings. The fourth-order valence-corrected chi connectivity index (χ4v) is 3.31. The smallest absolute Gasteiger partial charge is 0.308 e. The summed E-state index contributed by atoms with van der Waals surface area (Å²) in [5.41, 5.74) is 0.566. The molecule has 0 saturated heterocycles. The van der Waals surface area contributed by atoms with Crippen LogP contribution in [0.3, 0.4) is 0 Å². The summed E-state index contributed by atoms with van der Waals surface area (Å²) in [4.78, 5) is 38.3. The number of ether oxygens (including phenoxy) is 3. The van der Waals surface area contributed by atoms with Crippen molar-refractivity contribution in [2.45, 2.75) is 32.8 Å². The molecule has 0 aliphatic carbocycles. The number of nitrogens with zero attached hydrogens (tertiary/aromatic N) is 1. The van der Waals surface area contributed by atoms with Crippen LogP contribution >= 0.6 is 0 Å². The van der Waals surface area contributed by atoms with Gasteiger partial charge in [0.15, 0.2) is 0 Å². The number of esters is 1. The third kappa shape index (κ3) is 5.23. The Morgan fingerprint density at radius 3 is 2.00 bits per heavy atom. The zero-order valence-corrected chi connectivity index (χ0v) is 17.6. The highest BCUT2D eigenvalue weighted by Crippen LogP contribution is 2.29. The third-order valence-electron chi connectivity index (χ3n) is 4.56. The lowest BCUT2D eigenvalue weighted by Crippen LogP contribution is -2.42. The largest absolute Gasteiger partial charge is 0.460 e. The van der Waals surface area contributed by atoms with Crippen LogP contribution in [0.15, 0.2) is 36.4 Å². The van der Waals surface area contributed by atoms with Crippen molar-refractivity contribution in [2.75, 3.05) is 33.0 Å². The highest BCUT2D eigenvalue weighted by atomic mass is 16.6. The number of hydrogen-bond acceptors (Lipinski definition) is 6. The summed E-state index contributed by atoms with van der Waals surface area (Å²) in [5.74, 6) is -0.913. The molecule has 0 aromatic heterocycles. The van der Waals surface area contributed by atoms with Gasteiger partial charge in [-0.25, -0.2) is 0 Å². The Balaban J connectivity index is 1.41. The van der Waals surface area contributed by atoms with Gasteiger partial charge in [0.1, 0.15) is 5.60 Å². The maximum Gasteiger partial charge on any atom is 0.308 e. The molecule has 0 N–H and O–H groups in total. The molecule has 0 radical (unpaired) electrons. The Morgan fingerprint density at radius 1 is 0.867 bits per heavy atom. The molecule has 1 heterocycles. The van der Waals surface area contributed by atoms with Crippen molar-refractivity contribution < 1.29 is 28.6 Å². The van der Waals surface area contributed by atoms with Crippen molar-refractivity contribution in [1.29, 1.82) is 0 Å². The van der Waals surface area contributed by atoms with Crippen LogP contribution in [0.2, 0.25) is 0 Å². The molecule has 0 saturated carbocycles. The minimum absolute atomic E-state index is 0.167. The van der Waals surface area contributed by atoms with Crippen molar-refractivity contribution in [2.24, 2.45) is 0 Å². The molecule has 160 valence electrons. The lowest BCUT2D eigenvalue weighted by Gasteiger charge is -2.27. The molecule has 2 aromatic carbocycles. The molecule has 2 amide bonds. The Labute approximate surface area is 175 Å². The molecule has 2 aromatic rings. The first-order valence-electron chi connectivity index (χ1n) is 10.0. The first kappa shape index (κ1) is 21.9. The molecular weight excluding hydrogens is 386 g/mol. The van der Waals surface area contributed by atoms with Crippen molar-refractivity contribution in [3.63, 3.8) is 0 Å². The summed E-state index contributed by atoms with van der Waals surface area (Å²) >= 11 is 0. The monoisotopic (exact) mass is 413 g/mol. The van der Waals surface area contributed by atoms with Gasteiger partial charge in [0.2, 0.25) is 0 Å². The van der Waals surface area contributed by atoms with Crippen molar-refractivity contribution >= 4 is 28.6 Å². The predicted octanol–water partition coefficient (Wildman–Crippen LogP) is 3.20. The topological polar surface area (TPSA) is 82.1 Å². The Bertz CT molecular complexity index is 896. The van der Waals surface area contributed by atoms with Gasteiger partial charge in [0, 0.05) is 16.5 Å². The van der Waals surface area contributed by atoms with Gasteiger partial charge in [-0.2, -0.15) is 0 Å². The van der Waals surface area contributed by atoms with Gasteiger partial charge in [0.25, 0.3) is 11.8 Å². The van der Waals surface area contributed by atoms with Gasteiger partial charge >= 0.3 is 5.97 Å². The number of rotatable bonds is 9. The second kappa shape index (κ2) is 9.36. The summed E-state index contributed by atoms with van der Waals surface area (Å²) in [7, 11) is 0. The van der Waals surface area contributed by atoms with Crippen LogP contribution < -0.4 is 0 Å². The second-order valence-electron chi connectivity index (χ2n) is 8.03. The van der Waals surface area contributed by atoms with Crippen LogP contribution in [0, 0.1) is 0 Å². The van der Waals surface area contributed by atoms with E-state index in [4.69, 9.17) is 14.2 Å². The zero-order chi connectivity index (χ0) is 21.7. The number of imide groups is 1. The van der Waals surface area contributed by atoms with Gasteiger partial charge in [-0.1, -0.05) is 24.3 Å². The number of hydrogen-bond donors (Lipinski definition) is 0. The van der Waals surface area contributed by atoms with Crippen LogP contribution in [0.25, 0.3) is 10.8 Å². The van der Waals surface area contributed by atoms with E-state index in [1.165, 1.54) is 4.90 Å². The minimum Gasteiger partial charge on any atom is -0.460 e. The van der Waals surface area contributed by atoms with Gasteiger partial charge in [-0.15, -0.1) is 0 Å². The van der Waals surface area contributed by atoms with E-state index < -0.39 is 5.60 Å². The van der Waals surface area contributed by atoms with E-state index in [0.29, 0.717) is 29.7 Å². The molecular formula is C23H27NO6.